The number of carbonyl (C=O) groups excluding carboxylic acids is 2. The molecule has 0 saturated heterocycles. The first kappa shape index (κ1) is 25.6. The first-order chi connectivity index (χ1) is 18.5. The van der Waals surface area contributed by atoms with E-state index in [1.54, 1.807) is 61.1 Å². The van der Waals surface area contributed by atoms with Crippen LogP contribution in [0, 0.1) is 6.92 Å². The van der Waals surface area contributed by atoms with Crippen LogP contribution in [0.25, 0.3) is 0 Å². The lowest BCUT2D eigenvalue weighted by Gasteiger charge is -2.37. The average Bonchev–Trinajstić information content (AvgIpc) is 3.64. The SMILES string of the molecule is COc1cccc(C(=O)N(CC(=O)N2CCc3sccc3[C@H]2COc2ccc(C)cc2)Cc2ccco2)c1. The Hall–Kier alpha value is -4.04. The van der Waals surface area contributed by atoms with E-state index in [2.05, 4.69) is 11.4 Å². The Labute approximate surface area is 226 Å². The number of amides is 2. The van der Waals surface area contributed by atoms with Crippen molar-refractivity contribution in [3.63, 3.8) is 0 Å². The number of hydrogen-bond donors (Lipinski definition) is 0. The smallest absolute Gasteiger partial charge is 0.254 e. The molecule has 0 bridgehead atoms. The van der Waals surface area contributed by atoms with Crippen LogP contribution in [0.15, 0.2) is 82.8 Å². The molecule has 0 spiro atoms. The van der Waals surface area contributed by atoms with Crippen LogP contribution < -0.4 is 9.47 Å². The molecule has 1 aliphatic heterocycles. The van der Waals surface area contributed by atoms with Crippen molar-refractivity contribution in [3.05, 3.63) is 106 Å². The van der Waals surface area contributed by atoms with E-state index in [1.807, 2.05) is 36.1 Å². The highest BCUT2D eigenvalue weighted by Gasteiger charge is 2.34. The molecule has 38 heavy (non-hydrogen) atoms. The van der Waals surface area contributed by atoms with Crippen molar-refractivity contribution in [2.24, 2.45) is 0 Å². The van der Waals surface area contributed by atoms with Gasteiger partial charge in [-0.05, 0) is 72.8 Å². The lowest BCUT2D eigenvalue weighted by atomic mass is 10.0. The highest BCUT2D eigenvalue weighted by atomic mass is 32.1. The minimum absolute atomic E-state index is 0.0861. The minimum Gasteiger partial charge on any atom is -0.497 e. The van der Waals surface area contributed by atoms with Crippen LogP contribution >= 0.6 is 11.3 Å². The van der Waals surface area contributed by atoms with Crippen molar-refractivity contribution in [1.29, 1.82) is 0 Å². The maximum atomic E-state index is 13.8. The van der Waals surface area contributed by atoms with Gasteiger partial charge in [0.25, 0.3) is 5.91 Å². The fraction of sp³-hybridized carbons (Fsp3) is 0.267. The third kappa shape index (κ3) is 5.75. The van der Waals surface area contributed by atoms with Crippen molar-refractivity contribution in [2.45, 2.75) is 25.9 Å². The normalized spacial score (nSPS) is 14.6. The number of carbonyl (C=O) groups is 2. The molecule has 2 aromatic carbocycles. The molecular formula is C30H30N2O5S. The first-order valence-corrected chi connectivity index (χ1v) is 13.4. The van der Waals surface area contributed by atoms with Gasteiger partial charge in [0.15, 0.2) is 0 Å². The number of rotatable bonds is 9. The molecule has 1 atom stereocenters. The Morgan fingerprint density at radius 3 is 2.68 bits per heavy atom. The summed E-state index contributed by atoms with van der Waals surface area (Å²) in [5.41, 5.74) is 2.71. The molecule has 3 heterocycles. The summed E-state index contributed by atoms with van der Waals surface area (Å²) in [6, 6.07) is 20.2. The summed E-state index contributed by atoms with van der Waals surface area (Å²) in [7, 11) is 1.56. The summed E-state index contributed by atoms with van der Waals surface area (Å²) < 4.78 is 17.0. The van der Waals surface area contributed by atoms with Gasteiger partial charge in [0.05, 0.1) is 26.0 Å². The van der Waals surface area contributed by atoms with Gasteiger partial charge in [-0.15, -0.1) is 11.3 Å². The van der Waals surface area contributed by atoms with E-state index in [1.165, 1.54) is 9.78 Å². The molecule has 8 heteroatoms. The zero-order valence-electron chi connectivity index (χ0n) is 21.5. The Morgan fingerprint density at radius 1 is 1.08 bits per heavy atom. The molecule has 5 rings (SSSR count). The third-order valence-corrected chi connectivity index (χ3v) is 7.70. The largest absolute Gasteiger partial charge is 0.497 e. The molecule has 0 radical (unpaired) electrons. The average molecular weight is 531 g/mol. The van der Waals surface area contributed by atoms with Crippen molar-refractivity contribution in [3.8, 4) is 11.5 Å². The maximum absolute atomic E-state index is 13.8. The summed E-state index contributed by atoms with van der Waals surface area (Å²) in [5, 5.41) is 2.06. The van der Waals surface area contributed by atoms with Crippen LogP contribution in [0.5, 0.6) is 11.5 Å². The molecule has 196 valence electrons. The van der Waals surface area contributed by atoms with Gasteiger partial charge in [-0.25, -0.2) is 0 Å². The number of methoxy groups -OCH3 is 1. The predicted octanol–water partition coefficient (Wildman–Crippen LogP) is 5.51. The molecule has 0 N–H and O–H groups in total. The fourth-order valence-electron chi connectivity index (χ4n) is 4.67. The van der Waals surface area contributed by atoms with Gasteiger partial charge in [-0.1, -0.05) is 23.8 Å². The Balaban J connectivity index is 1.37. The van der Waals surface area contributed by atoms with Gasteiger partial charge in [-0.3, -0.25) is 9.59 Å². The van der Waals surface area contributed by atoms with Crippen molar-refractivity contribution in [1.82, 2.24) is 9.80 Å². The highest BCUT2D eigenvalue weighted by Crippen LogP contribution is 2.34. The van der Waals surface area contributed by atoms with E-state index in [9.17, 15) is 9.59 Å². The second-order valence-electron chi connectivity index (χ2n) is 9.25. The molecule has 0 aliphatic carbocycles. The number of ether oxygens (including phenoxy) is 2. The standard InChI is InChI=1S/C30H30N2O5S/c1-21-8-10-23(11-9-21)37-20-27-26-13-16-38-28(26)12-14-32(27)29(33)19-31(18-25-7-4-15-36-25)30(34)22-5-3-6-24(17-22)35-2/h3-11,13,15-17,27H,12,14,18-20H2,1-2H3/t27-/m1/s1. The van der Waals surface area contributed by atoms with Crippen LogP contribution in [0.4, 0.5) is 0 Å². The van der Waals surface area contributed by atoms with Crippen LogP contribution in [0.1, 0.15) is 38.2 Å². The van der Waals surface area contributed by atoms with E-state index in [0.717, 1.165) is 23.3 Å². The van der Waals surface area contributed by atoms with Crippen LogP contribution in [-0.2, 0) is 17.8 Å². The molecule has 2 aromatic heterocycles. The summed E-state index contributed by atoms with van der Waals surface area (Å²) in [6.07, 6.45) is 2.34. The summed E-state index contributed by atoms with van der Waals surface area (Å²) >= 11 is 1.71. The quantitative estimate of drug-likeness (QED) is 0.286. The van der Waals surface area contributed by atoms with Gasteiger partial charge in [0.1, 0.15) is 30.4 Å². The van der Waals surface area contributed by atoms with Crippen molar-refractivity contribution < 1.29 is 23.5 Å². The Morgan fingerprint density at radius 2 is 1.92 bits per heavy atom. The van der Waals surface area contributed by atoms with Gasteiger partial charge in [0.2, 0.25) is 5.91 Å². The Kier molecular flexibility index (Phi) is 7.79. The van der Waals surface area contributed by atoms with Crippen LogP contribution in [0.3, 0.4) is 0 Å². The summed E-state index contributed by atoms with van der Waals surface area (Å²) in [6.45, 7) is 3.02. The molecule has 2 amide bonds. The number of benzene rings is 2. The molecule has 0 fully saturated rings. The molecule has 7 nitrogen and oxygen atoms in total. The monoisotopic (exact) mass is 530 g/mol. The van der Waals surface area contributed by atoms with E-state index in [4.69, 9.17) is 13.9 Å². The maximum Gasteiger partial charge on any atom is 0.254 e. The minimum atomic E-state index is -0.269. The topological polar surface area (TPSA) is 72.2 Å². The van der Waals surface area contributed by atoms with Gasteiger partial charge >= 0.3 is 0 Å². The highest BCUT2D eigenvalue weighted by molar-refractivity contribution is 7.10. The summed E-state index contributed by atoms with van der Waals surface area (Å²) in [5.74, 6) is 1.54. The second-order valence-corrected chi connectivity index (χ2v) is 10.2. The lowest BCUT2D eigenvalue weighted by Crippen LogP contribution is -2.47. The fourth-order valence-corrected chi connectivity index (χ4v) is 5.60. The molecule has 0 saturated carbocycles. The third-order valence-electron chi connectivity index (χ3n) is 6.70. The van der Waals surface area contributed by atoms with Crippen LogP contribution in [0.2, 0.25) is 0 Å². The first-order valence-electron chi connectivity index (χ1n) is 12.5. The van der Waals surface area contributed by atoms with Crippen molar-refractivity contribution >= 4 is 23.2 Å². The molecule has 0 unspecified atom stereocenters. The number of nitrogens with zero attached hydrogens (tertiary/aromatic N) is 2. The van der Waals surface area contributed by atoms with E-state index in [-0.39, 0.29) is 30.9 Å². The summed E-state index contributed by atoms with van der Waals surface area (Å²) in [4.78, 5) is 32.0. The molecular weight excluding hydrogens is 500 g/mol. The van der Waals surface area contributed by atoms with Gasteiger partial charge in [0, 0.05) is 17.0 Å². The number of furan rings is 1. The second kappa shape index (κ2) is 11.6. The molecule has 4 aromatic rings. The number of thiophene rings is 1. The zero-order chi connectivity index (χ0) is 26.5. The van der Waals surface area contributed by atoms with Crippen molar-refractivity contribution in [2.75, 3.05) is 26.8 Å². The molecule has 1 aliphatic rings. The van der Waals surface area contributed by atoms with E-state index < -0.39 is 0 Å². The number of fused-ring (bicyclic) bond motifs is 1. The van der Waals surface area contributed by atoms with Crippen LogP contribution in [-0.4, -0.2) is 48.4 Å². The van der Waals surface area contributed by atoms with Gasteiger partial charge < -0.3 is 23.7 Å². The number of aryl methyl sites for hydroxylation is 1. The number of hydrogen-bond acceptors (Lipinski definition) is 6. The van der Waals surface area contributed by atoms with Gasteiger partial charge in [-0.2, -0.15) is 0 Å². The van der Waals surface area contributed by atoms with E-state index in [0.29, 0.717) is 30.2 Å². The predicted molar refractivity (Wildman–Crippen MR) is 146 cm³/mol. The Bertz CT molecular complexity index is 1380. The zero-order valence-corrected chi connectivity index (χ0v) is 22.3. The van der Waals surface area contributed by atoms with E-state index >= 15 is 0 Å². The lowest BCUT2D eigenvalue weighted by molar-refractivity contribution is -0.135.